The summed E-state index contributed by atoms with van der Waals surface area (Å²) in [6, 6.07) is 10.8. The molecular formula is C14H18S. The zero-order valence-corrected chi connectivity index (χ0v) is 10.1. The third kappa shape index (κ3) is 3.42. The monoisotopic (exact) mass is 218 g/mol. The van der Waals surface area contributed by atoms with Crippen molar-refractivity contribution in [1.29, 1.82) is 0 Å². The van der Waals surface area contributed by atoms with Crippen molar-refractivity contribution in [3.8, 4) is 0 Å². The number of hydrogen-bond donors (Lipinski definition) is 0. The minimum absolute atomic E-state index is 0.842. The molecule has 2 rings (SSSR count). The Labute approximate surface area is 96.8 Å². The molecule has 1 heterocycles. The molecule has 15 heavy (non-hydrogen) atoms. The molecule has 0 saturated heterocycles. The first kappa shape index (κ1) is 10.8. The average molecular weight is 218 g/mol. The Kier molecular flexibility index (Phi) is 3.90. The van der Waals surface area contributed by atoms with Gasteiger partial charge >= 0.3 is 0 Å². The molecular weight excluding hydrogens is 200 g/mol. The fourth-order valence-corrected chi connectivity index (χ4v) is 2.96. The average Bonchev–Trinajstić information content (AvgIpc) is 2.30. The third-order valence-corrected chi connectivity index (χ3v) is 4.31. The standard InChI is InChI=1S/C14H18S/c1-12-7-9-14(15-11-12)10-8-13-5-3-2-4-6-13/h2-6,11,14H,7-10H2,1H3. The fourth-order valence-electron chi connectivity index (χ4n) is 1.91. The molecule has 1 heteroatoms. The van der Waals surface area contributed by atoms with Gasteiger partial charge in [0.2, 0.25) is 0 Å². The van der Waals surface area contributed by atoms with Gasteiger partial charge in [-0.05, 0) is 43.6 Å². The van der Waals surface area contributed by atoms with Crippen molar-refractivity contribution in [2.45, 2.75) is 37.9 Å². The maximum absolute atomic E-state index is 2.35. The van der Waals surface area contributed by atoms with Crippen LogP contribution in [0.1, 0.15) is 31.7 Å². The maximum Gasteiger partial charge on any atom is 0.00946 e. The van der Waals surface area contributed by atoms with E-state index in [1.165, 1.54) is 31.2 Å². The van der Waals surface area contributed by atoms with Crippen LogP contribution < -0.4 is 0 Å². The van der Waals surface area contributed by atoms with Gasteiger partial charge in [0.25, 0.3) is 0 Å². The summed E-state index contributed by atoms with van der Waals surface area (Å²) in [5, 5.41) is 3.19. The molecule has 1 aliphatic rings. The second-order valence-electron chi connectivity index (χ2n) is 4.29. The van der Waals surface area contributed by atoms with Gasteiger partial charge < -0.3 is 0 Å². The molecule has 1 aliphatic heterocycles. The third-order valence-electron chi connectivity index (χ3n) is 2.92. The maximum atomic E-state index is 2.35. The molecule has 1 unspecified atom stereocenters. The second kappa shape index (κ2) is 5.41. The lowest BCUT2D eigenvalue weighted by Gasteiger charge is -2.19. The Morgan fingerprint density at radius 3 is 2.73 bits per heavy atom. The highest BCUT2D eigenvalue weighted by atomic mass is 32.2. The normalized spacial score (nSPS) is 21.1. The van der Waals surface area contributed by atoms with Crippen molar-refractivity contribution in [2.24, 2.45) is 0 Å². The number of aryl methyl sites for hydroxylation is 1. The van der Waals surface area contributed by atoms with Gasteiger partial charge in [0.05, 0.1) is 0 Å². The van der Waals surface area contributed by atoms with Crippen LogP contribution in [0.5, 0.6) is 0 Å². The second-order valence-corrected chi connectivity index (χ2v) is 5.46. The Morgan fingerprint density at radius 1 is 1.27 bits per heavy atom. The Balaban J connectivity index is 1.80. The Morgan fingerprint density at radius 2 is 2.07 bits per heavy atom. The molecule has 0 N–H and O–H groups in total. The molecule has 0 saturated carbocycles. The van der Waals surface area contributed by atoms with Crippen LogP contribution in [0.4, 0.5) is 0 Å². The molecule has 1 aromatic rings. The highest BCUT2D eigenvalue weighted by Crippen LogP contribution is 2.30. The summed E-state index contributed by atoms with van der Waals surface area (Å²) in [6.07, 6.45) is 5.20. The predicted molar refractivity (Wildman–Crippen MR) is 69.1 cm³/mol. The first-order valence-electron chi connectivity index (χ1n) is 5.69. The number of rotatable bonds is 3. The van der Waals surface area contributed by atoms with E-state index in [-0.39, 0.29) is 0 Å². The molecule has 0 aromatic heterocycles. The molecule has 0 nitrogen and oxygen atoms in total. The van der Waals surface area contributed by atoms with Crippen LogP contribution in [-0.4, -0.2) is 5.25 Å². The SMILES string of the molecule is CC1=CSC(CCc2ccccc2)CC1. The van der Waals surface area contributed by atoms with Crippen LogP contribution in [0.2, 0.25) is 0 Å². The highest BCUT2D eigenvalue weighted by molar-refractivity contribution is 8.02. The summed E-state index contributed by atoms with van der Waals surface area (Å²) < 4.78 is 0. The van der Waals surface area contributed by atoms with Gasteiger partial charge in [-0.15, -0.1) is 11.8 Å². The summed E-state index contributed by atoms with van der Waals surface area (Å²) >= 11 is 2.03. The minimum Gasteiger partial charge on any atom is -0.131 e. The van der Waals surface area contributed by atoms with Crippen molar-refractivity contribution in [3.63, 3.8) is 0 Å². The van der Waals surface area contributed by atoms with E-state index in [4.69, 9.17) is 0 Å². The fraction of sp³-hybridized carbons (Fsp3) is 0.429. The van der Waals surface area contributed by atoms with E-state index in [0.717, 1.165) is 5.25 Å². The molecule has 80 valence electrons. The van der Waals surface area contributed by atoms with Crippen LogP contribution >= 0.6 is 11.8 Å². The number of benzene rings is 1. The topological polar surface area (TPSA) is 0 Å². The molecule has 0 amide bonds. The molecule has 0 radical (unpaired) electrons. The summed E-state index contributed by atoms with van der Waals surface area (Å²) in [6.45, 7) is 2.24. The highest BCUT2D eigenvalue weighted by Gasteiger charge is 2.12. The van der Waals surface area contributed by atoms with E-state index in [9.17, 15) is 0 Å². The largest absolute Gasteiger partial charge is 0.131 e. The first-order valence-corrected chi connectivity index (χ1v) is 6.64. The number of hydrogen-bond acceptors (Lipinski definition) is 1. The lowest BCUT2D eigenvalue weighted by atomic mass is 10.0. The van der Waals surface area contributed by atoms with E-state index in [1.54, 1.807) is 5.57 Å². The van der Waals surface area contributed by atoms with Gasteiger partial charge in [-0.1, -0.05) is 35.9 Å². The van der Waals surface area contributed by atoms with Gasteiger partial charge in [-0.25, -0.2) is 0 Å². The van der Waals surface area contributed by atoms with Crippen molar-refractivity contribution >= 4 is 11.8 Å². The Bertz CT molecular complexity index is 326. The predicted octanol–water partition coefficient (Wildman–Crippen LogP) is 4.42. The summed E-state index contributed by atoms with van der Waals surface area (Å²) in [7, 11) is 0. The van der Waals surface area contributed by atoms with E-state index < -0.39 is 0 Å². The van der Waals surface area contributed by atoms with Gasteiger partial charge in [-0.3, -0.25) is 0 Å². The van der Waals surface area contributed by atoms with Crippen LogP contribution in [0.15, 0.2) is 41.3 Å². The molecule has 0 spiro atoms. The molecule has 1 atom stereocenters. The van der Waals surface area contributed by atoms with Crippen LogP contribution in [0.3, 0.4) is 0 Å². The zero-order valence-electron chi connectivity index (χ0n) is 9.28. The smallest absolute Gasteiger partial charge is 0.00946 e. The quantitative estimate of drug-likeness (QED) is 0.723. The van der Waals surface area contributed by atoms with Crippen molar-refractivity contribution in [1.82, 2.24) is 0 Å². The lowest BCUT2D eigenvalue weighted by Crippen LogP contribution is -2.07. The Hall–Kier alpha value is -0.690. The van der Waals surface area contributed by atoms with E-state index in [0.29, 0.717) is 0 Å². The van der Waals surface area contributed by atoms with Gasteiger partial charge in [0.1, 0.15) is 0 Å². The van der Waals surface area contributed by atoms with Gasteiger partial charge in [0.15, 0.2) is 0 Å². The van der Waals surface area contributed by atoms with E-state index >= 15 is 0 Å². The number of allylic oxidation sites excluding steroid dienone is 1. The zero-order chi connectivity index (χ0) is 10.5. The van der Waals surface area contributed by atoms with Crippen molar-refractivity contribution < 1.29 is 0 Å². The summed E-state index contributed by atoms with van der Waals surface area (Å²) in [4.78, 5) is 0. The molecule has 0 aliphatic carbocycles. The van der Waals surface area contributed by atoms with Crippen molar-refractivity contribution in [2.75, 3.05) is 0 Å². The lowest BCUT2D eigenvalue weighted by molar-refractivity contribution is 0.688. The molecule has 0 fully saturated rings. The summed E-state index contributed by atoms with van der Waals surface area (Å²) in [5.41, 5.74) is 3.03. The van der Waals surface area contributed by atoms with Gasteiger partial charge in [-0.2, -0.15) is 0 Å². The number of thioether (sulfide) groups is 1. The van der Waals surface area contributed by atoms with E-state index in [2.05, 4.69) is 42.7 Å². The van der Waals surface area contributed by atoms with Crippen LogP contribution in [-0.2, 0) is 6.42 Å². The summed E-state index contributed by atoms with van der Waals surface area (Å²) in [5.74, 6) is 0. The van der Waals surface area contributed by atoms with Crippen LogP contribution in [0.25, 0.3) is 0 Å². The first-order chi connectivity index (χ1) is 7.34. The van der Waals surface area contributed by atoms with Gasteiger partial charge in [0, 0.05) is 5.25 Å². The molecule has 0 bridgehead atoms. The minimum atomic E-state index is 0.842. The van der Waals surface area contributed by atoms with Crippen molar-refractivity contribution in [3.05, 3.63) is 46.9 Å². The van der Waals surface area contributed by atoms with Crippen LogP contribution in [0, 0.1) is 0 Å². The molecule has 1 aromatic carbocycles. The van der Waals surface area contributed by atoms with E-state index in [1.807, 2.05) is 11.8 Å².